The van der Waals surface area contributed by atoms with Gasteiger partial charge in [-0.2, -0.15) is 0 Å². The van der Waals surface area contributed by atoms with E-state index in [1.165, 1.54) is 89.9 Å². The van der Waals surface area contributed by atoms with Gasteiger partial charge in [-0.15, -0.1) is 0 Å². The van der Waals surface area contributed by atoms with Crippen molar-refractivity contribution in [2.24, 2.45) is 35.5 Å². The van der Waals surface area contributed by atoms with E-state index >= 15 is 0 Å². The largest absolute Gasteiger partial charge is 0.0654 e. The van der Waals surface area contributed by atoms with E-state index in [2.05, 4.69) is 41.5 Å². The lowest BCUT2D eigenvalue weighted by atomic mass is 9.74. The Morgan fingerprint density at radius 3 is 1.74 bits per heavy atom. The molecule has 4 atom stereocenters. The van der Waals surface area contributed by atoms with Crippen molar-refractivity contribution in [3.05, 3.63) is 0 Å². The van der Waals surface area contributed by atoms with Crippen LogP contribution >= 0.6 is 0 Å². The lowest BCUT2D eigenvalue weighted by Crippen LogP contribution is -2.22. The number of hydrogen-bond acceptors (Lipinski definition) is 0. The van der Waals surface area contributed by atoms with Crippen LogP contribution in [0.25, 0.3) is 0 Å². The highest BCUT2D eigenvalue weighted by molar-refractivity contribution is 4.87. The molecule has 0 N–H and O–H groups in total. The van der Waals surface area contributed by atoms with Crippen LogP contribution in [0.3, 0.4) is 0 Å². The van der Waals surface area contributed by atoms with Crippen LogP contribution in [-0.2, 0) is 0 Å². The first-order valence-corrected chi connectivity index (χ1v) is 13.0. The summed E-state index contributed by atoms with van der Waals surface area (Å²) in [5, 5.41) is 0. The number of rotatable bonds is 5. The zero-order valence-corrected chi connectivity index (χ0v) is 20.1. The minimum Gasteiger partial charge on any atom is -0.0654 e. The third kappa shape index (κ3) is 10.4. The molecule has 3 fully saturated rings. The molecule has 0 heteroatoms. The van der Waals surface area contributed by atoms with Crippen LogP contribution in [0.4, 0.5) is 0 Å². The van der Waals surface area contributed by atoms with Gasteiger partial charge in [0.2, 0.25) is 0 Å². The smallest absolute Gasteiger partial charge is 0.0358 e. The molecule has 27 heavy (non-hydrogen) atoms. The maximum absolute atomic E-state index is 2.46. The molecule has 162 valence electrons. The Bertz CT molecular complexity index is 321. The van der Waals surface area contributed by atoms with E-state index in [1.54, 1.807) is 6.42 Å². The molecule has 0 aromatic carbocycles. The molecule has 0 amide bonds. The highest BCUT2D eigenvalue weighted by Crippen LogP contribution is 2.47. The van der Waals surface area contributed by atoms with Crippen molar-refractivity contribution in [2.45, 2.75) is 138 Å². The fourth-order valence-corrected chi connectivity index (χ4v) is 5.91. The molecule has 0 bridgehead atoms. The van der Waals surface area contributed by atoms with E-state index < -0.39 is 0 Å². The average Bonchev–Trinajstić information content (AvgIpc) is 3.03. The van der Waals surface area contributed by atoms with E-state index in [4.69, 9.17) is 0 Å². The Kier molecular flexibility index (Phi) is 13.8. The maximum atomic E-state index is 2.46. The maximum Gasteiger partial charge on any atom is -0.0358 e. The van der Waals surface area contributed by atoms with E-state index in [0.29, 0.717) is 0 Å². The van der Waals surface area contributed by atoms with Gasteiger partial charge >= 0.3 is 0 Å². The molecule has 0 radical (unpaired) electrons. The summed E-state index contributed by atoms with van der Waals surface area (Å²) in [5.41, 5.74) is 0. The second-order valence-corrected chi connectivity index (χ2v) is 10.5. The van der Waals surface area contributed by atoms with Gasteiger partial charge in [0.1, 0.15) is 0 Å². The van der Waals surface area contributed by atoms with Gasteiger partial charge in [0.05, 0.1) is 0 Å². The second-order valence-electron chi connectivity index (χ2n) is 10.5. The summed E-state index contributed by atoms with van der Waals surface area (Å²) in [6.45, 7) is 14.1. The summed E-state index contributed by atoms with van der Waals surface area (Å²) in [6.07, 6.45) is 22.0. The van der Waals surface area contributed by atoms with Crippen molar-refractivity contribution >= 4 is 0 Å². The standard InChI is InChI=1S/C11H20.C9H20.C7H14/c1-8-3-5-10-6-4-9(2)11(10)7-8;1-4-7-9(6-3)8-5-2;1-7-5-3-2-4-6-7/h8-11H,3-7H2,1-2H3;9H,4-8H2,1-3H3;7H,2-6H2,1H3. The van der Waals surface area contributed by atoms with Gasteiger partial charge in [0.15, 0.2) is 0 Å². The Morgan fingerprint density at radius 1 is 0.667 bits per heavy atom. The predicted molar refractivity (Wildman–Crippen MR) is 124 cm³/mol. The van der Waals surface area contributed by atoms with Crippen molar-refractivity contribution in [1.82, 2.24) is 0 Å². The first-order valence-electron chi connectivity index (χ1n) is 13.0. The molecule has 3 aliphatic carbocycles. The minimum absolute atomic E-state index is 1.01. The van der Waals surface area contributed by atoms with Gasteiger partial charge in [0.25, 0.3) is 0 Å². The number of fused-ring (bicyclic) bond motifs is 1. The van der Waals surface area contributed by atoms with E-state index in [1.807, 2.05) is 0 Å². The molecule has 0 heterocycles. The normalized spacial score (nSPS) is 30.8. The lowest BCUT2D eigenvalue weighted by molar-refractivity contribution is 0.189. The molecule has 0 aromatic heterocycles. The molecular formula is C27H54. The second kappa shape index (κ2) is 14.9. The summed E-state index contributed by atoms with van der Waals surface area (Å²) in [5.74, 6) is 6.35. The molecule has 0 spiro atoms. The zero-order valence-electron chi connectivity index (χ0n) is 20.1. The third-order valence-electron chi connectivity index (χ3n) is 7.90. The Balaban J connectivity index is 0.000000208. The molecule has 3 aliphatic rings. The van der Waals surface area contributed by atoms with Gasteiger partial charge < -0.3 is 0 Å². The van der Waals surface area contributed by atoms with E-state index in [9.17, 15) is 0 Å². The van der Waals surface area contributed by atoms with Crippen molar-refractivity contribution in [1.29, 1.82) is 0 Å². The van der Waals surface area contributed by atoms with Crippen molar-refractivity contribution in [3.8, 4) is 0 Å². The summed E-state index contributed by atoms with van der Waals surface area (Å²) in [7, 11) is 0. The van der Waals surface area contributed by atoms with Crippen LogP contribution < -0.4 is 0 Å². The topological polar surface area (TPSA) is 0 Å². The predicted octanol–water partition coefficient (Wildman–Crippen LogP) is 9.67. The Labute approximate surface area is 173 Å². The molecule has 3 rings (SSSR count). The van der Waals surface area contributed by atoms with Crippen LogP contribution in [0, 0.1) is 35.5 Å². The fraction of sp³-hybridized carbons (Fsp3) is 1.00. The molecule has 0 aromatic rings. The Morgan fingerprint density at radius 2 is 1.26 bits per heavy atom. The SMILES string of the molecule is CC1CCC2CCC(C)C2C1.CC1CCCCC1.CCCC(CC)CCC. The minimum atomic E-state index is 1.01. The van der Waals surface area contributed by atoms with Crippen molar-refractivity contribution in [2.75, 3.05) is 0 Å². The van der Waals surface area contributed by atoms with E-state index in [-0.39, 0.29) is 0 Å². The van der Waals surface area contributed by atoms with Crippen LogP contribution in [0.1, 0.15) is 138 Å². The van der Waals surface area contributed by atoms with Crippen LogP contribution in [-0.4, -0.2) is 0 Å². The molecular weight excluding hydrogens is 324 g/mol. The third-order valence-corrected chi connectivity index (χ3v) is 7.90. The van der Waals surface area contributed by atoms with Crippen molar-refractivity contribution < 1.29 is 0 Å². The highest BCUT2D eigenvalue weighted by Gasteiger charge is 2.36. The Hall–Kier alpha value is 0. The molecule has 0 aliphatic heterocycles. The van der Waals surface area contributed by atoms with Crippen LogP contribution in [0.15, 0.2) is 0 Å². The summed E-state index contributed by atoms with van der Waals surface area (Å²) < 4.78 is 0. The highest BCUT2D eigenvalue weighted by atomic mass is 14.4. The fourth-order valence-electron chi connectivity index (χ4n) is 5.91. The summed E-state index contributed by atoms with van der Waals surface area (Å²) in [6, 6.07) is 0. The van der Waals surface area contributed by atoms with E-state index in [0.717, 1.165) is 35.5 Å². The van der Waals surface area contributed by atoms with Gasteiger partial charge in [-0.05, 0) is 54.8 Å². The van der Waals surface area contributed by atoms with Crippen molar-refractivity contribution in [3.63, 3.8) is 0 Å². The van der Waals surface area contributed by atoms with Crippen LogP contribution in [0.2, 0.25) is 0 Å². The van der Waals surface area contributed by atoms with Gasteiger partial charge in [-0.3, -0.25) is 0 Å². The molecule has 3 saturated carbocycles. The molecule has 0 saturated heterocycles. The number of hydrogen-bond donors (Lipinski definition) is 0. The molecule has 0 nitrogen and oxygen atoms in total. The average molecular weight is 379 g/mol. The van der Waals surface area contributed by atoms with Gasteiger partial charge in [-0.25, -0.2) is 0 Å². The molecule has 4 unspecified atom stereocenters. The first-order chi connectivity index (χ1) is 13.0. The zero-order chi connectivity index (χ0) is 20.1. The van der Waals surface area contributed by atoms with Gasteiger partial charge in [0, 0.05) is 0 Å². The summed E-state index contributed by atoms with van der Waals surface area (Å²) >= 11 is 0. The monoisotopic (exact) mass is 378 g/mol. The lowest BCUT2D eigenvalue weighted by Gasteiger charge is -2.31. The quantitative estimate of drug-likeness (QED) is 0.446. The van der Waals surface area contributed by atoms with Crippen LogP contribution in [0.5, 0.6) is 0 Å². The van der Waals surface area contributed by atoms with Gasteiger partial charge in [-0.1, -0.05) is 119 Å². The first kappa shape index (κ1) is 25.0. The summed E-state index contributed by atoms with van der Waals surface area (Å²) in [4.78, 5) is 0.